The third-order valence-electron chi connectivity index (χ3n) is 2.80. The summed E-state index contributed by atoms with van der Waals surface area (Å²) in [6.45, 7) is 4.65. The number of hydrogen-bond donors (Lipinski definition) is 1. The van der Waals surface area contributed by atoms with E-state index in [4.69, 9.17) is 0 Å². The lowest BCUT2D eigenvalue weighted by Crippen LogP contribution is -2.35. The maximum absolute atomic E-state index is 13.4. The second-order valence-electron chi connectivity index (χ2n) is 4.41. The first kappa shape index (κ1) is 14.3. The topological polar surface area (TPSA) is 29.1 Å². The van der Waals surface area contributed by atoms with Crippen LogP contribution in [-0.4, -0.2) is 28.3 Å². The predicted molar refractivity (Wildman–Crippen MR) is 71.1 cm³/mol. The summed E-state index contributed by atoms with van der Waals surface area (Å²) in [5.74, 6) is -0.159. The molecule has 1 rings (SSSR count). The van der Waals surface area contributed by atoms with Crippen molar-refractivity contribution in [1.29, 1.82) is 0 Å². The van der Waals surface area contributed by atoms with Crippen molar-refractivity contribution < 1.29 is 8.60 Å². The Balaban J connectivity index is 2.42. The molecule has 0 heterocycles. The zero-order valence-corrected chi connectivity index (χ0v) is 11.4. The van der Waals surface area contributed by atoms with E-state index in [0.29, 0.717) is 13.0 Å². The highest BCUT2D eigenvalue weighted by Crippen LogP contribution is 2.09. The van der Waals surface area contributed by atoms with Gasteiger partial charge in [0.1, 0.15) is 5.82 Å². The normalized spacial score (nSPS) is 16.5. The second-order valence-corrected chi connectivity index (χ2v) is 6.22. The molecule has 0 aromatic heterocycles. The lowest BCUT2D eigenvalue weighted by atomic mass is 10.1. The van der Waals surface area contributed by atoms with Crippen LogP contribution < -0.4 is 5.32 Å². The van der Waals surface area contributed by atoms with E-state index in [0.717, 1.165) is 5.56 Å². The van der Waals surface area contributed by atoms with Gasteiger partial charge in [-0.2, -0.15) is 0 Å². The summed E-state index contributed by atoms with van der Waals surface area (Å²) in [6.07, 6.45) is 2.35. The van der Waals surface area contributed by atoms with E-state index in [-0.39, 0.29) is 17.1 Å². The molecule has 3 unspecified atom stereocenters. The van der Waals surface area contributed by atoms with Gasteiger partial charge in [0.05, 0.1) is 0 Å². The van der Waals surface area contributed by atoms with Crippen LogP contribution in [-0.2, 0) is 17.2 Å². The molecule has 0 saturated carbocycles. The van der Waals surface area contributed by atoms with Crippen LogP contribution in [0.1, 0.15) is 19.4 Å². The lowest BCUT2D eigenvalue weighted by Gasteiger charge is -2.16. The maximum atomic E-state index is 13.4. The molecule has 0 spiro atoms. The van der Waals surface area contributed by atoms with Crippen molar-refractivity contribution in [3.63, 3.8) is 0 Å². The molecule has 3 atom stereocenters. The van der Waals surface area contributed by atoms with E-state index in [2.05, 4.69) is 5.32 Å². The standard InChI is InChI=1S/C13H20FNOS/c1-10(15-9-11(2)17(3)16)8-12-6-4-5-7-13(12)14/h4-7,10-11,15H,8-9H2,1-3H3. The minimum Gasteiger partial charge on any atom is -0.313 e. The zero-order chi connectivity index (χ0) is 12.8. The van der Waals surface area contributed by atoms with Gasteiger partial charge in [0.15, 0.2) is 0 Å². The van der Waals surface area contributed by atoms with Gasteiger partial charge in [-0.3, -0.25) is 4.21 Å². The van der Waals surface area contributed by atoms with E-state index < -0.39 is 10.8 Å². The van der Waals surface area contributed by atoms with Crippen LogP contribution in [0.25, 0.3) is 0 Å². The average molecular weight is 257 g/mol. The van der Waals surface area contributed by atoms with Crippen LogP contribution in [0.15, 0.2) is 24.3 Å². The van der Waals surface area contributed by atoms with Gasteiger partial charge in [0, 0.05) is 34.9 Å². The smallest absolute Gasteiger partial charge is 0.126 e. The van der Waals surface area contributed by atoms with Crippen molar-refractivity contribution in [3.8, 4) is 0 Å². The van der Waals surface area contributed by atoms with Gasteiger partial charge in [-0.05, 0) is 31.9 Å². The molecule has 1 aromatic carbocycles. The molecule has 4 heteroatoms. The molecule has 2 nitrogen and oxygen atoms in total. The largest absolute Gasteiger partial charge is 0.313 e. The maximum Gasteiger partial charge on any atom is 0.126 e. The van der Waals surface area contributed by atoms with Gasteiger partial charge in [-0.1, -0.05) is 18.2 Å². The SMILES string of the molecule is CC(Cc1ccccc1F)NCC(C)S(C)=O. The summed E-state index contributed by atoms with van der Waals surface area (Å²) >= 11 is 0. The summed E-state index contributed by atoms with van der Waals surface area (Å²) < 4.78 is 24.6. The molecule has 0 aliphatic carbocycles. The summed E-state index contributed by atoms with van der Waals surface area (Å²) in [5.41, 5.74) is 0.720. The van der Waals surface area contributed by atoms with Crippen molar-refractivity contribution in [2.45, 2.75) is 31.6 Å². The minimum atomic E-state index is -0.814. The van der Waals surface area contributed by atoms with E-state index in [1.54, 1.807) is 18.4 Å². The van der Waals surface area contributed by atoms with Crippen LogP contribution in [0.5, 0.6) is 0 Å². The Morgan fingerprint density at radius 2 is 2.00 bits per heavy atom. The average Bonchev–Trinajstić information content (AvgIpc) is 2.29. The first-order valence-electron chi connectivity index (χ1n) is 5.79. The van der Waals surface area contributed by atoms with E-state index in [9.17, 15) is 8.60 Å². The Morgan fingerprint density at radius 1 is 1.35 bits per heavy atom. The van der Waals surface area contributed by atoms with Crippen molar-refractivity contribution in [3.05, 3.63) is 35.6 Å². The molecule has 1 aromatic rings. The van der Waals surface area contributed by atoms with Crippen LogP contribution in [0, 0.1) is 5.82 Å². The quantitative estimate of drug-likeness (QED) is 0.845. The molecule has 0 bridgehead atoms. The second kappa shape index (κ2) is 6.87. The van der Waals surface area contributed by atoms with Crippen molar-refractivity contribution in [1.82, 2.24) is 5.32 Å². The Labute approximate surface area is 105 Å². The molecule has 0 aliphatic heterocycles. The Kier molecular flexibility index (Phi) is 5.78. The van der Waals surface area contributed by atoms with Gasteiger partial charge in [0.2, 0.25) is 0 Å². The van der Waals surface area contributed by atoms with Crippen LogP contribution in [0.2, 0.25) is 0 Å². The first-order chi connectivity index (χ1) is 8.00. The summed E-state index contributed by atoms with van der Waals surface area (Å²) in [4.78, 5) is 0. The number of benzene rings is 1. The van der Waals surface area contributed by atoms with Gasteiger partial charge in [0.25, 0.3) is 0 Å². The van der Waals surface area contributed by atoms with Crippen molar-refractivity contribution in [2.24, 2.45) is 0 Å². The Morgan fingerprint density at radius 3 is 2.59 bits per heavy atom. The molecular weight excluding hydrogens is 237 g/mol. The minimum absolute atomic E-state index is 0.123. The molecule has 0 saturated heterocycles. The van der Waals surface area contributed by atoms with Gasteiger partial charge >= 0.3 is 0 Å². The molecule has 0 aliphatic rings. The Bertz CT molecular complexity index is 383. The summed E-state index contributed by atoms with van der Waals surface area (Å²) in [7, 11) is -0.814. The number of halogens is 1. The highest BCUT2D eigenvalue weighted by atomic mass is 32.2. The fraction of sp³-hybridized carbons (Fsp3) is 0.538. The fourth-order valence-electron chi connectivity index (χ4n) is 1.55. The molecular formula is C13H20FNOS. The molecule has 17 heavy (non-hydrogen) atoms. The van der Waals surface area contributed by atoms with Crippen molar-refractivity contribution >= 4 is 10.8 Å². The van der Waals surface area contributed by atoms with Crippen LogP contribution >= 0.6 is 0 Å². The summed E-state index contributed by atoms with van der Waals surface area (Å²) in [6, 6.07) is 6.99. The van der Waals surface area contributed by atoms with Gasteiger partial charge in [-0.25, -0.2) is 4.39 Å². The first-order valence-corrected chi connectivity index (χ1v) is 7.42. The highest BCUT2D eigenvalue weighted by molar-refractivity contribution is 7.84. The third-order valence-corrected chi connectivity index (χ3v) is 4.10. The van der Waals surface area contributed by atoms with Crippen LogP contribution in [0.4, 0.5) is 4.39 Å². The van der Waals surface area contributed by atoms with E-state index in [1.807, 2.05) is 19.9 Å². The lowest BCUT2D eigenvalue weighted by molar-refractivity contribution is 0.525. The van der Waals surface area contributed by atoms with E-state index >= 15 is 0 Å². The monoisotopic (exact) mass is 257 g/mol. The number of rotatable bonds is 6. The van der Waals surface area contributed by atoms with Gasteiger partial charge < -0.3 is 5.32 Å². The third kappa shape index (κ3) is 4.96. The van der Waals surface area contributed by atoms with Crippen LogP contribution in [0.3, 0.4) is 0 Å². The molecule has 0 amide bonds. The Hall–Kier alpha value is -0.740. The highest BCUT2D eigenvalue weighted by Gasteiger charge is 2.10. The molecule has 0 fully saturated rings. The zero-order valence-electron chi connectivity index (χ0n) is 10.6. The van der Waals surface area contributed by atoms with Gasteiger partial charge in [-0.15, -0.1) is 0 Å². The van der Waals surface area contributed by atoms with Crippen molar-refractivity contribution in [2.75, 3.05) is 12.8 Å². The number of hydrogen-bond acceptors (Lipinski definition) is 2. The molecule has 1 N–H and O–H groups in total. The number of nitrogens with one attached hydrogen (secondary N) is 1. The summed E-state index contributed by atoms with van der Waals surface area (Å²) in [5, 5.41) is 3.40. The fourth-order valence-corrected chi connectivity index (χ4v) is 1.88. The predicted octanol–water partition coefficient (Wildman–Crippen LogP) is 2.11. The van der Waals surface area contributed by atoms with E-state index in [1.165, 1.54) is 6.07 Å². The molecule has 96 valence electrons. The molecule has 0 radical (unpaired) electrons.